The number of fused-ring (bicyclic) bond motifs is 7. The van der Waals surface area contributed by atoms with Crippen LogP contribution in [0.15, 0.2) is 212 Å². The van der Waals surface area contributed by atoms with Crippen LogP contribution in [0, 0.1) is 5.82 Å². The minimum absolute atomic E-state index is 0.150. The van der Waals surface area contributed by atoms with E-state index in [1.54, 1.807) is 12.1 Å². The molecule has 1 heterocycles. The summed E-state index contributed by atoms with van der Waals surface area (Å²) in [5.74, 6) is -0.254. The number of halogens is 1. The summed E-state index contributed by atoms with van der Waals surface area (Å²) in [4.78, 5) is 2.24. The van der Waals surface area contributed by atoms with Crippen LogP contribution >= 0.6 is 0 Å². The zero-order valence-corrected chi connectivity index (χ0v) is 35.5. The first-order valence-corrected chi connectivity index (χ1v) is 22.1. The Labute approximate surface area is 371 Å². The van der Waals surface area contributed by atoms with Gasteiger partial charge >= 0.3 is 0 Å². The van der Waals surface area contributed by atoms with Gasteiger partial charge in [-0.25, -0.2) is 4.39 Å². The molecular weight excluding hydrogens is 780 g/mol. The summed E-state index contributed by atoms with van der Waals surface area (Å²) in [6.07, 6.45) is 0. The molecule has 302 valence electrons. The van der Waals surface area contributed by atoms with Crippen LogP contribution in [0.5, 0.6) is 0 Å². The summed E-state index contributed by atoms with van der Waals surface area (Å²) in [5, 5.41) is 10.2. The van der Waals surface area contributed by atoms with Crippen molar-refractivity contribution in [3.8, 4) is 39.1 Å². The fourth-order valence-electron chi connectivity index (χ4n) is 10.9. The van der Waals surface area contributed by atoms with Crippen LogP contribution in [0.4, 0.5) is 21.5 Å². The fourth-order valence-corrected chi connectivity index (χ4v) is 10.9. The van der Waals surface area contributed by atoms with Crippen molar-refractivity contribution >= 4 is 71.2 Å². The van der Waals surface area contributed by atoms with Crippen molar-refractivity contribution < 1.29 is 4.39 Å². The molecule has 11 aromatic carbocycles. The maximum atomic E-state index is 14.4. The maximum Gasteiger partial charge on any atom is 0.123 e. The Bertz CT molecular complexity index is 3770. The highest BCUT2D eigenvalue weighted by Crippen LogP contribution is 2.51. The van der Waals surface area contributed by atoms with Gasteiger partial charge in [0.1, 0.15) is 5.82 Å². The van der Waals surface area contributed by atoms with Crippen molar-refractivity contribution in [2.75, 3.05) is 4.90 Å². The zero-order valence-electron chi connectivity index (χ0n) is 35.5. The summed E-state index contributed by atoms with van der Waals surface area (Å²) in [6, 6.07) is 75.8. The van der Waals surface area contributed by atoms with E-state index in [2.05, 4.69) is 211 Å². The van der Waals surface area contributed by atoms with Crippen LogP contribution in [-0.2, 0) is 5.41 Å². The highest BCUT2D eigenvalue weighted by Gasteiger charge is 2.35. The minimum atomic E-state index is -0.254. The molecule has 64 heavy (non-hydrogen) atoms. The van der Waals surface area contributed by atoms with E-state index in [0.717, 1.165) is 39.4 Å². The van der Waals surface area contributed by atoms with Gasteiger partial charge < -0.3 is 9.47 Å². The minimum Gasteiger partial charge on any atom is -0.310 e. The van der Waals surface area contributed by atoms with E-state index in [4.69, 9.17) is 0 Å². The van der Waals surface area contributed by atoms with Crippen molar-refractivity contribution in [1.29, 1.82) is 0 Å². The molecule has 1 aliphatic rings. The predicted molar refractivity (Wildman–Crippen MR) is 268 cm³/mol. The number of rotatable bonds is 6. The van der Waals surface area contributed by atoms with Gasteiger partial charge in [-0.2, -0.15) is 0 Å². The lowest BCUT2D eigenvalue weighted by atomic mass is 9.82. The molecule has 0 spiro atoms. The molecule has 0 amide bonds. The van der Waals surface area contributed by atoms with Gasteiger partial charge in [-0.1, -0.05) is 153 Å². The predicted octanol–water partition coefficient (Wildman–Crippen LogP) is 16.9. The number of hydrogen-bond donors (Lipinski definition) is 0. The average Bonchev–Trinajstić information content (AvgIpc) is 3.79. The monoisotopic (exact) mass is 820 g/mol. The van der Waals surface area contributed by atoms with E-state index >= 15 is 0 Å². The molecule has 0 saturated carbocycles. The molecule has 1 aliphatic carbocycles. The van der Waals surface area contributed by atoms with Crippen molar-refractivity contribution in [3.63, 3.8) is 0 Å². The second-order valence-electron chi connectivity index (χ2n) is 17.9. The number of benzene rings is 11. The van der Waals surface area contributed by atoms with E-state index < -0.39 is 0 Å². The molecule has 13 rings (SSSR count). The summed E-state index contributed by atoms with van der Waals surface area (Å²) in [7, 11) is 0. The lowest BCUT2D eigenvalue weighted by molar-refractivity contribution is 0.628. The molecule has 0 fully saturated rings. The molecule has 0 bridgehead atoms. The highest BCUT2D eigenvalue weighted by molar-refractivity contribution is 6.33. The van der Waals surface area contributed by atoms with E-state index in [9.17, 15) is 4.39 Å². The average molecular weight is 821 g/mol. The molecule has 0 N–H and O–H groups in total. The van der Waals surface area contributed by atoms with Gasteiger partial charge in [-0.3, -0.25) is 0 Å². The van der Waals surface area contributed by atoms with Crippen molar-refractivity contribution in [1.82, 2.24) is 4.57 Å². The molecule has 0 atom stereocenters. The lowest BCUT2D eigenvalue weighted by Crippen LogP contribution is -2.16. The standard InChI is InChI=1S/C61H41FN2/c1-61(2)54-14-7-6-13-50(54)51-34-31-49(37-55(51)61)63(47-29-23-45(62)24-30-47)46-25-19-40(20-26-46)43-22-32-52-56(35-43)64(48-27-17-39(18-28-48)38-9-4-3-5-10-38)57-36-44-16-15-41-11-8-12-42-21-33-53(60(52)57)59(44)58(41)42/h3-37H,1-2H3. The molecule has 1 aromatic heterocycles. The normalized spacial score (nSPS) is 13.0. The van der Waals surface area contributed by atoms with Crippen LogP contribution < -0.4 is 4.90 Å². The lowest BCUT2D eigenvalue weighted by Gasteiger charge is -2.28. The Balaban J connectivity index is 0.966. The zero-order chi connectivity index (χ0) is 42.7. The fraction of sp³-hybridized carbons (Fsp3) is 0.0492. The van der Waals surface area contributed by atoms with Crippen LogP contribution in [0.25, 0.3) is 93.2 Å². The summed E-state index contributed by atoms with van der Waals surface area (Å²) < 4.78 is 16.8. The smallest absolute Gasteiger partial charge is 0.123 e. The Hall–Kier alpha value is -8.01. The van der Waals surface area contributed by atoms with Gasteiger partial charge in [-0.05, 0) is 150 Å². The summed E-state index contributed by atoms with van der Waals surface area (Å²) >= 11 is 0. The van der Waals surface area contributed by atoms with Gasteiger partial charge in [0.25, 0.3) is 0 Å². The van der Waals surface area contributed by atoms with Gasteiger partial charge in [0.15, 0.2) is 0 Å². The second-order valence-corrected chi connectivity index (χ2v) is 17.9. The Kier molecular flexibility index (Phi) is 7.87. The second kappa shape index (κ2) is 13.7. The first kappa shape index (κ1) is 36.6. The third-order valence-electron chi connectivity index (χ3n) is 14.0. The molecule has 12 aromatic rings. The van der Waals surface area contributed by atoms with Crippen LogP contribution in [-0.4, -0.2) is 4.57 Å². The van der Waals surface area contributed by atoms with Crippen molar-refractivity contribution in [2.24, 2.45) is 0 Å². The Morgan fingerprint density at radius 2 is 0.984 bits per heavy atom. The van der Waals surface area contributed by atoms with Crippen molar-refractivity contribution in [3.05, 3.63) is 229 Å². The topological polar surface area (TPSA) is 8.17 Å². The van der Waals surface area contributed by atoms with Gasteiger partial charge in [0.05, 0.1) is 11.0 Å². The van der Waals surface area contributed by atoms with Gasteiger partial charge in [0.2, 0.25) is 0 Å². The molecule has 3 heteroatoms. The largest absolute Gasteiger partial charge is 0.310 e. The molecule has 2 nitrogen and oxygen atoms in total. The molecule has 0 saturated heterocycles. The van der Waals surface area contributed by atoms with E-state index in [0.29, 0.717) is 0 Å². The maximum absolute atomic E-state index is 14.4. The van der Waals surface area contributed by atoms with E-state index in [-0.39, 0.29) is 11.2 Å². The number of nitrogens with zero attached hydrogens (tertiary/aromatic N) is 2. The van der Waals surface area contributed by atoms with E-state index in [1.807, 2.05) is 12.1 Å². The van der Waals surface area contributed by atoms with Crippen LogP contribution in [0.3, 0.4) is 0 Å². The molecule has 0 aliphatic heterocycles. The van der Waals surface area contributed by atoms with Crippen molar-refractivity contribution in [2.45, 2.75) is 19.3 Å². The molecular formula is C61H41FN2. The third-order valence-corrected chi connectivity index (χ3v) is 14.0. The van der Waals surface area contributed by atoms with Gasteiger partial charge in [0, 0.05) is 38.9 Å². The molecule has 0 radical (unpaired) electrons. The van der Waals surface area contributed by atoms with Gasteiger partial charge in [-0.15, -0.1) is 0 Å². The number of aromatic nitrogens is 1. The van der Waals surface area contributed by atoms with Crippen LogP contribution in [0.1, 0.15) is 25.0 Å². The Morgan fingerprint density at radius 3 is 1.77 bits per heavy atom. The Morgan fingerprint density at radius 1 is 0.391 bits per heavy atom. The summed E-state index contributed by atoms with van der Waals surface area (Å²) in [5.41, 5.74) is 16.1. The SMILES string of the molecule is CC1(C)c2ccccc2-c2ccc(N(c3ccc(F)cc3)c3ccc(-c4ccc5c6c7ccc8cccc9ccc(cc6n(-c6ccc(-c%10ccccc%10)cc6)c5c4)c7c98)cc3)cc21. The third kappa shape index (κ3) is 5.44. The van der Waals surface area contributed by atoms with E-state index in [1.165, 1.54) is 82.0 Å². The highest BCUT2D eigenvalue weighted by atomic mass is 19.1. The quantitative estimate of drug-likeness (QED) is 0.152. The summed E-state index contributed by atoms with van der Waals surface area (Å²) in [6.45, 7) is 4.61. The first-order valence-electron chi connectivity index (χ1n) is 22.1. The van der Waals surface area contributed by atoms with Crippen LogP contribution in [0.2, 0.25) is 0 Å². The number of hydrogen-bond acceptors (Lipinski definition) is 1. The number of anilines is 3. The first-order chi connectivity index (χ1) is 31.4. The molecule has 0 unspecified atom stereocenters.